The molecule has 0 atom stereocenters. The zero-order chi connectivity index (χ0) is 23.9. The number of hydrogen-bond donors (Lipinski definition) is 3. The average molecular weight is 513 g/mol. The van der Waals surface area contributed by atoms with Crippen LogP contribution < -0.4 is 16.0 Å². The van der Waals surface area contributed by atoms with Gasteiger partial charge in [0.15, 0.2) is 5.82 Å². The van der Waals surface area contributed by atoms with Gasteiger partial charge in [-0.1, -0.05) is 35.3 Å². The van der Waals surface area contributed by atoms with Crippen molar-refractivity contribution in [1.29, 1.82) is 0 Å². The molecule has 3 aromatic heterocycles. The second kappa shape index (κ2) is 11.1. The van der Waals surface area contributed by atoms with Crippen LogP contribution in [-0.2, 0) is 11.2 Å². The van der Waals surface area contributed by atoms with Crippen LogP contribution in [0.3, 0.4) is 0 Å². The van der Waals surface area contributed by atoms with Crippen molar-refractivity contribution in [2.45, 2.75) is 6.42 Å². The number of para-hydroxylation sites is 1. The van der Waals surface area contributed by atoms with Gasteiger partial charge in [-0.3, -0.25) is 15.1 Å². The zero-order valence-electron chi connectivity index (χ0n) is 17.6. The molecular weight excluding hydrogens is 495 g/mol. The molecule has 0 aliphatic heterocycles. The van der Waals surface area contributed by atoms with E-state index in [1.807, 2.05) is 24.3 Å². The van der Waals surface area contributed by atoms with Crippen molar-refractivity contribution < 1.29 is 9.59 Å². The Bertz CT molecular complexity index is 1340. The summed E-state index contributed by atoms with van der Waals surface area (Å²) in [6.07, 6.45) is 6.87. The van der Waals surface area contributed by atoms with Gasteiger partial charge in [0.1, 0.15) is 6.33 Å². The zero-order valence-corrected chi connectivity index (χ0v) is 19.9. The molecule has 0 aliphatic carbocycles. The predicted molar refractivity (Wildman–Crippen MR) is 137 cm³/mol. The molecule has 3 heterocycles. The van der Waals surface area contributed by atoms with Crippen LogP contribution in [0.25, 0.3) is 16.3 Å². The number of anilines is 2. The SMILES string of the molecule is O=C(/C=C/c1cc2ncnc(NC(=O)Nc3c(Cl)cccc3Cl)c2s1)NCCc1ccccn1. The second-order valence-electron chi connectivity index (χ2n) is 6.96. The van der Waals surface area contributed by atoms with E-state index >= 15 is 0 Å². The number of nitrogens with one attached hydrogen (secondary N) is 3. The van der Waals surface area contributed by atoms with Crippen LogP contribution in [0.15, 0.2) is 61.1 Å². The number of pyridine rings is 1. The fourth-order valence-electron chi connectivity index (χ4n) is 2.99. The van der Waals surface area contributed by atoms with Gasteiger partial charge in [-0.25, -0.2) is 14.8 Å². The largest absolute Gasteiger partial charge is 0.352 e. The molecule has 0 fully saturated rings. The van der Waals surface area contributed by atoms with E-state index in [-0.39, 0.29) is 5.91 Å². The van der Waals surface area contributed by atoms with Crippen molar-refractivity contribution in [2.75, 3.05) is 17.2 Å². The van der Waals surface area contributed by atoms with E-state index in [2.05, 4.69) is 30.9 Å². The Kier molecular flexibility index (Phi) is 7.69. The number of urea groups is 1. The standard InChI is InChI=1S/C23H18Cl2N6O2S/c24-16-5-3-6-17(25)20(16)30-23(33)31-22-21-18(28-13-29-22)12-15(34-21)7-8-19(32)27-11-9-14-4-1-2-10-26-14/h1-8,10,12-13H,9,11H2,(H,27,32)(H2,28,29,30,31,33)/b8-7+. The smallest absolute Gasteiger partial charge is 0.324 e. The Morgan fingerprint density at radius 1 is 1.00 bits per heavy atom. The first-order chi connectivity index (χ1) is 16.5. The summed E-state index contributed by atoms with van der Waals surface area (Å²) < 4.78 is 0.665. The molecule has 4 aromatic rings. The van der Waals surface area contributed by atoms with E-state index in [1.54, 1.807) is 30.5 Å². The summed E-state index contributed by atoms with van der Waals surface area (Å²) in [6.45, 7) is 0.483. The monoisotopic (exact) mass is 512 g/mol. The molecule has 34 heavy (non-hydrogen) atoms. The maximum Gasteiger partial charge on any atom is 0.324 e. The van der Waals surface area contributed by atoms with E-state index in [1.165, 1.54) is 23.7 Å². The minimum absolute atomic E-state index is 0.214. The fourth-order valence-corrected chi connectivity index (χ4v) is 4.44. The number of halogens is 2. The summed E-state index contributed by atoms with van der Waals surface area (Å²) in [5, 5.41) is 8.78. The van der Waals surface area contributed by atoms with E-state index in [0.717, 1.165) is 10.6 Å². The summed E-state index contributed by atoms with van der Waals surface area (Å²) >= 11 is 13.6. The van der Waals surface area contributed by atoms with Crippen LogP contribution in [0.2, 0.25) is 10.0 Å². The summed E-state index contributed by atoms with van der Waals surface area (Å²) in [6, 6.07) is 11.9. The van der Waals surface area contributed by atoms with Crippen LogP contribution in [0.4, 0.5) is 16.3 Å². The number of rotatable bonds is 7. The Labute approximate surface area is 209 Å². The van der Waals surface area contributed by atoms with Crippen LogP contribution in [0, 0.1) is 0 Å². The highest BCUT2D eigenvalue weighted by Crippen LogP contribution is 2.32. The minimum atomic E-state index is -0.548. The molecule has 4 rings (SSSR count). The predicted octanol–water partition coefficient (Wildman–Crippen LogP) is 5.41. The number of nitrogens with zero attached hydrogens (tertiary/aromatic N) is 3. The van der Waals surface area contributed by atoms with Gasteiger partial charge in [-0.05, 0) is 36.4 Å². The molecule has 1 aromatic carbocycles. The molecule has 3 N–H and O–H groups in total. The molecule has 8 nitrogen and oxygen atoms in total. The minimum Gasteiger partial charge on any atom is -0.352 e. The molecule has 0 radical (unpaired) electrons. The van der Waals surface area contributed by atoms with E-state index in [0.29, 0.717) is 44.7 Å². The number of carbonyl (C=O) groups is 2. The first-order valence-corrected chi connectivity index (χ1v) is 11.7. The molecule has 0 saturated carbocycles. The molecular formula is C23H18Cl2N6O2S. The Balaban J connectivity index is 1.39. The van der Waals surface area contributed by atoms with Gasteiger partial charge in [-0.2, -0.15) is 0 Å². The lowest BCUT2D eigenvalue weighted by Gasteiger charge is -2.10. The summed E-state index contributed by atoms with van der Waals surface area (Å²) in [5.74, 6) is 0.115. The number of benzene rings is 1. The van der Waals surface area contributed by atoms with Crippen LogP contribution in [-0.4, -0.2) is 33.4 Å². The third kappa shape index (κ3) is 6.07. The molecule has 0 saturated heterocycles. The molecule has 11 heteroatoms. The first kappa shape index (κ1) is 23.6. The lowest BCUT2D eigenvalue weighted by atomic mass is 10.3. The van der Waals surface area contributed by atoms with Crippen molar-refractivity contribution >= 4 is 74.3 Å². The number of amides is 3. The quantitative estimate of drug-likeness (QED) is 0.287. The second-order valence-corrected chi connectivity index (χ2v) is 8.85. The van der Waals surface area contributed by atoms with E-state index < -0.39 is 6.03 Å². The van der Waals surface area contributed by atoms with Crippen molar-refractivity contribution in [3.05, 3.63) is 81.7 Å². The maximum atomic E-state index is 12.5. The topological polar surface area (TPSA) is 109 Å². The number of aromatic nitrogens is 3. The molecule has 0 bridgehead atoms. The van der Waals surface area contributed by atoms with Gasteiger partial charge in [-0.15, -0.1) is 11.3 Å². The summed E-state index contributed by atoms with van der Waals surface area (Å²) in [4.78, 5) is 38.0. The third-order valence-corrected chi connectivity index (χ3v) is 6.30. The Morgan fingerprint density at radius 3 is 2.59 bits per heavy atom. The fraction of sp³-hybridized carbons (Fsp3) is 0.0870. The average Bonchev–Trinajstić information content (AvgIpc) is 3.25. The molecule has 3 amide bonds. The maximum absolute atomic E-state index is 12.5. The van der Waals surface area contributed by atoms with Gasteiger partial charge >= 0.3 is 6.03 Å². The van der Waals surface area contributed by atoms with Crippen molar-refractivity contribution in [3.8, 4) is 0 Å². The summed E-state index contributed by atoms with van der Waals surface area (Å²) in [7, 11) is 0. The Morgan fingerprint density at radius 2 is 1.82 bits per heavy atom. The van der Waals surface area contributed by atoms with Gasteiger partial charge in [0, 0.05) is 35.8 Å². The number of hydrogen-bond acceptors (Lipinski definition) is 6. The molecule has 0 unspecified atom stereocenters. The van der Waals surface area contributed by atoms with Crippen LogP contribution in [0.1, 0.15) is 10.6 Å². The van der Waals surface area contributed by atoms with Crippen LogP contribution in [0.5, 0.6) is 0 Å². The Hall–Kier alpha value is -3.53. The van der Waals surface area contributed by atoms with Gasteiger partial charge in [0.25, 0.3) is 0 Å². The molecule has 0 aliphatic rings. The van der Waals surface area contributed by atoms with Crippen molar-refractivity contribution in [3.63, 3.8) is 0 Å². The lowest BCUT2D eigenvalue weighted by Crippen LogP contribution is -2.23. The highest BCUT2D eigenvalue weighted by Gasteiger charge is 2.13. The lowest BCUT2D eigenvalue weighted by molar-refractivity contribution is -0.116. The molecule has 0 spiro atoms. The highest BCUT2D eigenvalue weighted by atomic mass is 35.5. The number of fused-ring (bicyclic) bond motifs is 1. The number of thiophene rings is 1. The van der Waals surface area contributed by atoms with E-state index in [9.17, 15) is 9.59 Å². The first-order valence-electron chi connectivity index (χ1n) is 10.1. The third-order valence-electron chi connectivity index (χ3n) is 4.57. The van der Waals surface area contributed by atoms with Gasteiger partial charge in [0.2, 0.25) is 5.91 Å². The number of carbonyl (C=O) groups excluding carboxylic acids is 2. The normalized spacial score (nSPS) is 11.0. The summed E-state index contributed by atoms with van der Waals surface area (Å²) in [5.41, 5.74) is 1.86. The van der Waals surface area contributed by atoms with Gasteiger partial charge in [0.05, 0.1) is 25.9 Å². The highest BCUT2D eigenvalue weighted by molar-refractivity contribution is 7.20. The molecule has 172 valence electrons. The van der Waals surface area contributed by atoms with Crippen LogP contribution >= 0.6 is 34.5 Å². The van der Waals surface area contributed by atoms with Crippen molar-refractivity contribution in [2.24, 2.45) is 0 Å². The van der Waals surface area contributed by atoms with Gasteiger partial charge < -0.3 is 10.6 Å². The van der Waals surface area contributed by atoms with Crippen molar-refractivity contribution in [1.82, 2.24) is 20.3 Å². The van der Waals surface area contributed by atoms with E-state index in [4.69, 9.17) is 23.2 Å².